The predicted molar refractivity (Wildman–Crippen MR) is 39.4 cm³/mol. The van der Waals surface area contributed by atoms with E-state index in [0.717, 1.165) is 18.2 Å². The zero-order chi connectivity index (χ0) is 6.85. The zero-order valence-corrected chi connectivity index (χ0v) is 7.49. The summed E-state index contributed by atoms with van der Waals surface area (Å²) in [5, 5.41) is 26.0. The van der Waals surface area contributed by atoms with Crippen molar-refractivity contribution in [1.29, 1.82) is 0 Å². The second-order valence-corrected chi connectivity index (χ2v) is 1.71. The quantitative estimate of drug-likeness (QED) is 0.498. The second-order valence-electron chi connectivity index (χ2n) is 1.71. The molecule has 0 aliphatic rings. The Hall–Kier alpha value is -0.120. The number of aromatic hydroxyl groups is 3. The van der Waals surface area contributed by atoms with Crippen molar-refractivity contribution in [3.05, 3.63) is 18.2 Å². The second kappa shape index (κ2) is 3.91. The minimum atomic E-state index is -0.146. The summed E-state index contributed by atoms with van der Waals surface area (Å²) in [7, 11) is 0. The van der Waals surface area contributed by atoms with E-state index in [2.05, 4.69) is 0 Å². The minimum absolute atomic E-state index is 0. The molecule has 4 heteroatoms. The number of benzene rings is 1. The third-order valence-electron chi connectivity index (χ3n) is 0.887. The molecule has 0 unspecified atom stereocenters. The van der Waals surface area contributed by atoms with Crippen LogP contribution in [0.1, 0.15) is 2.85 Å². The van der Waals surface area contributed by atoms with Gasteiger partial charge in [-0.25, -0.2) is 0 Å². The summed E-state index contributed by atoms with van der Waals surface area (Å²) in [6.45, 7) is 0. The number of rotatable bonds is 0. The van der Waals surface area contributed by atoms with Crippen LogP contribution in [0.3, 0.4) is 0 Å². The molecule has 0 saturated carbocycles. The van der Waals surface area contributed by atoms with Gasteiger partial charge in [0, 0.05) is 18.2 Å². The van der Waals surface area contributed by atoms with Gasteiger partial charge in [-0.15, -0.1) is 0 Å². The van der Waals surface area contributed by atoms with E-state index >= 15 is 0 Å². The zero-order valence-electron chi connectivity index (χ0n) is 7.28. The fraction of sp³-hybridized carbons (Fsp3) is 0. The van der Waals surface area contributed by atoms with Crippen LogP contribution in [0.25, 0.3) is 0 Å². The van der Waals surface area contributed by atoms with Crippen LogP contribution in [0.4, 0.5) is 0 Å². The average molecular weight is 168 g/mol. The fourth-order valence-electron chi connectivity index (χ4n) is 0.580. The molecule has 0 atom stereocenters. The van der Waals surface area contributed by atoms with Gasteiger partial charge < -0.3 is 18.2 Å². The van der Waals surface area contributed by atoms with Crippen LogP contribution in [0.15, 0.2) is 18.2 Å². The molecule has 1 aromatic rings. The van der Waals surface area contributed by atoms with Gasteiger partial charge in [-0.3, -0.25) is 0 Å². The molecule has 0 aromatic heterocycles. The van der Waals surface area contributed by atoms with Crippen LogP contribution in [0.2, 0.25) is 0 Å². The molecule has 0 saturated heterocycles. The molecule has 1 aromatic carbocycles. The van der Waals surface area contributed by atoms with E-state index in [1.807, 2.05) is 0 Å². The van der Waals surface area contributed by atoms with Gasteiger partial charge >= 0.3 is 37.7 Å². The molecule has 1 rings (SSSR count). The minimum Gasteiger partial charge on any atom is -1.00 e. The number of phenolic OH excluding ortho intramolecular Hbond substituents is 3. The molecular weight excluding hydrogens is 160 g/mol. The summed E-state index contributed by atoms with van der Waals surface area (Å²) < 4.78 is 0. The van der Waals surface area contributed by atoms with E-state index in [1.165, 1.54) is 0 Å². The molecule has 0 aliphatic carbocycles. The molecule has 10 heavy (non-hydrogen) atoms. The first-order valence-corrected chi connectivity index (χ1v) is 2.40. The fourth-order valence-corrected chi connectivity index (χ4v) is 0.580. The third kappa shape index (κ3) is 2.64. The van der Waals surface area contributed by atoms with E-state index in [4.69, 9.17) is 15.3 Å². The average Bonchev–Trinajstić information content (AvgIpc) is 1.59. The van der Waals surface area contributed by atoms with Crippen LogP contribution < -0.4 is 0 Å². The van der Waals surface area contributed by atoms with Crippen LogP contribution in [-0.2, 0) is 0 Å². The van der Waals surface area contributed by atoms with E-state index in [0.29, 0.717) is 0 Å². The van der Waals surface area contributed by atoms with Gasteiger partial charge in [-0.1, -0.05) is 0 Å². The summed E-state index contributed by atoms with van der Waals surface area (Å²) in [5.74, 6) is -0.437. The van der Waals surface area contributed by atoms with Crippen molar-refractivity contribution in [3.63, 3.8) is 0 Å². The van der Waals surface area contributed by atoms with E-state index in [9.17, 15) is 0 Å². The maximum Gasteiger partial charge on any atom is 2.00 e. The summed E-state index contributed by atoms with van der Waals surface area (Å²) in [5.41, 5.74) is 0. The standard InChI is InChI=1S/C6H6O3.Ca.2H/c7-4-1-5(8)3-6(9)2-4;;;/h1-3,7-9H;;;/q;+2;2*-1. The monoisotopic (exact) mass is 168 g/mol. The molecule has 0 spiro atoms. The van der Waals surface area contributed by atoms with Gasteiger partial charge in [-0.2, -0.15) is 0 Å². The summed E-state index contributed by atoms with van der Waals surface area (Å²) in [6, 6.07) is 3.42. The van der Waals surface area contributed by atoms with Crippen molar-refractivity contribution in [2.24, 2.45) is 0 Å². The normalized spacial score (nSPS) is 8.40. The van der Waals surface area contributed by atoms with Crippen molar-refractivity contribution in [1.82, 2.24) is 0 Å². The smallest absolute Gasteiger partial charge is 1.00 e. The Bertz CT molecular complexity index is 182. The molecule has 3 nitrogen and oxygen atoms in total. The Labute approximate surface area is 90.9 Å². The van der Waals surface area contributed by atoms with Crippen LogP contribution in [0, 0.1) is 0 Å². The Morgan fingerprint density at radius 1 is 0.800 bits per heavy atom. The maximum atomic E-state index is 8.67. The Morgan fingerprint density at radius 2 is 1.00 bits per heavy atom. The van der Waals surface area contributed by atoms with Crippen LogP contribution >= 0.6 is 0 Å². The van der Waals surface area contributed by atoms with Crippen molar-refractivity contribution in [2.45, 2.75) is 0 Å². The van der Waals surface area contributed by atoms with Crippen molar-refractivity contribution < 1.29 is 18.2 Å². The first kappa shape index (κ1) is 9.88. The van der Waals surface area contributed by atoms with Gasteiger partial charge in [0.25, 0.3) is 0 Å². The molecule has 0 amide bonds. The first-order chi connectivity index (χ1) is 4.18. The largest absolute Gasteiger partial charge is 2.00 e. The van der Waals surface area contributed by atoms with Crippen molar-refractivity contribution in [3.8, 4) is 17.2 Å². The topological polar surface area (TPSA) is 60.7 Å². The Morgan fingerprint density at radius 3 is 1.20 bits per heavy atom. The third-order valence-corrected chi connectivity index (χ3v) is 0.887. The van der Waals surface area contributed by atoms with Crippen molar-refractivity contribution >= 4 is 37.7 Å². The van der Waals surface area contributed by atoms with Gasteiger partial charge in [-0.05, 0) is 0 Å². The predicted octanol–water partition coefficient (Wildman–Crippen LogP) is 0.648. The SMILES string of the molecule is Oc1cc(O)cc(O)c1.[Ca+2].[H-].[H-]. The molecule has 0 fully saturated rings. The van der Waals surface area contributed by atoms with E-state index in [1.54, 1.807) is 0 Å². The van der Waals surface area contributed by atoms with Gasteiger partial charge in [0.15, 0.2) is 0 Å². The molecule has 0 radical (unpaired) electrons. The number of phenols is 3. The Balaban J connectivity index is -0.000000270. The molecule has 0 bridgehead atoms. The van der Waals surface area contributed by atoms with Crippen LogP contribution in [0.5, 0.6) is 17.2 Å². The van der Waals surface area contributed by atoms with E-state index in [-0.39, 0.29) is 57.8 Å². The molecule has 3 N–H and O–H groups in total. The number of hydrogen-bond acceptors (Lipinski definition) is 3. The van der Waals surface area contributed by atoms with Gasteiger partial charge in [0.1, 0.15) is 17.2 Å². The summed E-state index contributed by atoms with van der Waals surface area (Å²) in [6.07, 6.45) is 0. The van der Waals surface area contributed by atoms with E-state index < -0.39 is 0 Å². The molecule has 52 valence electrons. The first-order valence-electron chi connectivity index (χ1n) is 2.40. The summed E-state index contributed by atoms with van der Waals surface area (Å²) in [4.78, 5) is 0. The van der Waals surface area contributed by atoms with Gasteiger partial charge in [0.2, 0.25) is 0 Å². The maximum absolute atomic E-state index is 8.67. The molecular formula is C6H8CaO3. The molecule has 0 heterocycles. The van der Waals surface area contributed by atoms with Crippen molar-refractivity contribution in [2.75, 3.05) is 0 Å². The van der Waals surface area contributed by atoms with Gasteiger partial charge in [0.05, 0.1) is 0 Å². The Kier molecular flexibility index (Phi) is 3.86. The number of hydrogen-bond donors (Lipinski definition) is 3. The molecule has 0 aliphatic heterocycles. The summed E-state index contributed by atoms with van der Waals surface area (Å²) >= 11 is 0. The van der Waals surface area contributed by atoms with Crippen LogP contribution in [-0.4, -0.2) is 53.1 Å².